The zero-order chi connectivity index (χ0) is 22.9. The Kier molecular flexibility index (Phi) is 7.11. The van der Waals surface area contributed by atoms with Gasteiger partial charge in [-0.1, -0.05) is 0 Å². The fourth-order valence-electron chi connectivity index (χ4n) is 4.88. The number of nitrogens with zero attached hydrogens (tertiary/aromatic N) is 2. The average Bonchev–Trinajstić information content (AvgIpc) is 3.56. The van der Waals surface area contributed by atoms with Crippen molar-refractivity contribution in [2.45, 2.75) is 38.1 Å². The first-order chi connectivity index (χ1) is 16.0. The summed E-state index contributed by atoms with van der Waals surface area (Å²) in [7, 11) is 0. The summed E-state index contributed by atoms with van der Waals surface area (Å²) in [6, 6.07) is 10.7. The third kappa shape index (κ3) is 4.89. The molecule has 2 aliphatic rings. The maximum absolute atomic E-state index is 14.3. The number of halogens is 2. The van der Waals surface area contributed by atoms with Gasteiger partial charge in [0.05, 0.1) is 11.6 Å². The van der Waals surface area contributed by atoms with Gasteiger partial charge >= 0.3 is 0 Å². The Morgan fingerprint density at radius 1 is 1.29 bits per heavy atom. The van der Waals surface area contributed by atoms with Crippen LogP contribution in [0.5, 0.6) is 5.75 Å². The van der Waals surface area contributed by atoms with Crippen molar-refractivity contribution in [2.24, 2.45) is 11.7 Å². The number of H-pyrrole nitrogens is 1. The quantitative estimate of drug-likeness (QED) is 0.499. The van der Waals surface area contributed by atoms with E-state index in [4.69, 9.17) is 10.5 Å². The van der Waals surface area contributed by atoms with E-state index in [1.807, 2.05) is 24.4 Å². The number of ether oxygens (including phenoxy) is 1. The van der Waals surface area contributed by atoms with Crippen molar-refractivity contribution in [2.75, 3.05) is 19.7 Å². The van der Waals surface area contributed by atoms with Crippen molar-refractivity contribution in [1.82, 2.24) is 9.88 Å². The van der Waals surface area contributed by atoms with Crippen molar-refractivity contribution < 1.29 is 13.9 Å². The van der Waals surface area contributed by atoms with Gasteiger partial charge in [0.2, 0.25) is 5.91 Å². The monoisotopic (exact) mass is 482 g/mol. The number of nitrogens with two attached hydrogens (primary N) is 1. The van der Waals surface area contributed by atoms with Crippen molar-refractivity contribution in [3.8, 4) is 11.8 Å². The van der Waals surface area contributed by atoms with Gasteiger partial charge < -0.3 is 15.5 Å². The van der Waals surface area contributed by atoms with Crippen LogP contribution in [-0.2, 0) is 12.8 Å². The number of fused-ring (bicyclic) bond motifs is 2. The summed E-state index contributed by atoms with van der Waals surface area (Å²) in [5.41, 5.74) is 9.38. The molecule has 0 bridgehead atoms. The van der Waals surface area contributed by atoms with E-state index < -0.39 is 11.7 Å². The summed E-state index contributed by atoms with van der Waals surface area (Å²) >= 11 is 0. The van der Waals surface area contributed by atoms with Crippen LogP contribution in [0.3, 0.4) is 0 Å². The largest absolute Gasteiger partial charge is 0.489 e. The van der Waals surface area contributed by atoms with Crippen LogP contribution in [0.25, 0.3) is 10.9 Å². The number of aromatic nitrogens is 1. The Labute approximate surface area is 204 Å². The second-order valence-corrected chi connectivity index (χ2v) is 9.16. The molecule has 3 aromatic rings. The van der Waals surface area contributed by atoms with E-state index in [0.29, 0.717) is 35.6 Å². The van der Waals surface area contributed by atoms with Crippen LogP contribution in [0.1, 0.15) is 46.3 Å². The zero-order valence-electron chi connectivity index (χ0n) is 18.9. The zero-order valence-corrected chi connectivity index (χ0v) is 19.7. The topological polar surface area (TPSA) is 95.1 Å². The molecule has 3 N–H and O–H groups in total. The number of carbonyl (C=O) groups excluding carboxylic acids is 1. The number of nitrogens with one attached hydrogen (secondary N) is 1. The third-order valence-corrected chi connectivity index (χ3v) is 6.83. The minimum atomic E-state index is -0.555. The molecule has 0 spiro atoms. The first kappa shape index (κ1) is 24.1. The second-order valence-electron chi connectivity index (χ2n) is 9.16. The fourth-order valence-corrected chi connectivity index (χ4v) is 4.88. The first-order valence-electron chi connectivity index (χ1n) is 11.5. The van der Waals surface area contributed by atoms with Crippen LogP contribution >= 0.6 is 12.4 Å². The molecule has 1 saturated carbocycles. The number of aryl methyl sites for hydroxylation is 1. The number of aromatic amines is 1. The normalized spacial score (nSPS) is 17.0. The molecule has 5 rings (SSSR count). The molecule has 0 unspecified atom stereocenters. The number of primary amides is 1. The van der Waals surface area contributed by atoms with Gasteiger partial charge in [-0.15, -0.1) is 12.4 Å². The lowest BCUT2D eigenvalue weighted by Gasteiger charge is -2.36. The van der Waals surface area contributed by atoms with Crippen molar-refractivity contribution in [1.29, 1.82) is 5.26 Å². The molecule has 34 heavy (non-hydrogen) atoms. The predicted molar refractivity (Wildman–Crippen MR) is 131 cm³/mol. The summed E-state index contributed by atoms with van der Waals surface area (Å²) in [5.74, 6) is -0.139. The van der Waals surface area contributed by atoms with Gasteiger partial charge in [-0.25, -0.2) is 4.39 Å². The fraction of sp³-hybridized carbons (Fsp3) is 0.385. The second kappa shape index (κ2) is 10.0. The Hall–Kier alpha value is -3.08. The minimum absolute atomic E-state index is 0. The standard InChI is InChI=1S/C26H27FN4O2.ClH/c27-23-7-6-20(26(29)32)22-11-19(15-33-25(22)23)31(14-16-3-4-16)9-1-2-18-13-30-24-8-5-17(12-28)10-21(18)24;/h5-8,10,13,16,19,30H,1-4,9,11,14-15H2,(H2,29,32);1H/t19-;/m0./s1. The maximum Gasteiger partial charge on any atom is 0.249 e. The number of amides is 1. The molecule has 2 heterocycles. The van der Waals surface area contributed by atoms with E-state index in [9.17, 15) is 14.4 Å². The molecule has 1 fully saturated rings. The Morgan fingerprint density at radius 3 is 2.85 bits per heavy atom. The van der Waals surface area contributed by atoms with E-state index >= 15 is 0 Å². The Morgan fingerprint density at radius 2 is 2.12 bits per heavy atom. The summed E-state index contributed by atoms with van der Waals surface area (Å²) in [5, 5.41) is 10.3. The highest BCUT2D eigenvalue weighted by atomic mass is 35.5. The molecule has 1 aliphatic heterocycles. The average molecular weight is 483 g/mol. The van der Waals surface area contributed by atoms with Gasteiger partial charge in [0.15, 0.2) is 11.6 Å². The van der Waals surface area contributed by atoms with E-state index in [0.717, 1.165) is 36.8 Å². The predicted octanol–water partition coefficient (Wildman–Crippen LogP) is 4.35. The Balaban J connectivity index is 0.00000274. The molecule has 0 saturated heterocycles. The maximum atomic E-state index is 14.3. The van der Waals surface area contributed by atoms with Crippen molar-refractivity contribution in [3.63, 3.8) is 0 Å². The molecule has 8 heteroatoms. The van der Waals surface area contributed by atoms with Gasteiger partial charge in [-0.3, -0.25) is 9.69 Å². The van der Waals surface area contributed by atoms with E-state index in [1.165, 1.54) is 30.5 Å². The smallest absolute Gasteiger partial charge is 0.249 e. The summed E-state index contributed by atoms with van der Waals surface area (Å²) in [6.45, 7) is 2.26. The highest BCUT2D eigenvalue weighted by molar-refractivity contribution is 5.95. The van der Waals surface area contributed by atoms with E-state index in [-0.39, 0.29) is 24.2 Å². The van der Waals surface area contributed by atoms with Gasteiger partial charge in [0, 0.05) is 40.8 Å². The molecule has 178 valence electrons. The van der Waals surface area contributed by atoms with Gasteiger partial charge in [0.25, 0.3) is 0 Å². The molecule has 1 amide bonds. The molecule has 0 radical (unpaired) electrons. The number of hydrogen-bond acceptors (Lipinski definition) is 4. The summed E-state index contributed by atoms with van der Waals surface area (Å²) < 4.78 is 20.1. The molecule has 2 aromatic carbocycles. The highest BCUT2D eigenvalue weighted by Crippen LogP contribution is 2.35. The highest BCUT2D eigenvalue weighted by Gasteiger charge is 2.33. The third-order valence-electron chi connectivity index (χ3n) is 6.83. The number of nitriles is 1. The molecular formula is C26H28ClFN4O2. The van der Waals surface area contributed by atoms with E-state index in [2.05, 4.69) is 16.0 Å². The SMILES string of the molecule is Cl.N#Cc1ccc2[nH]cc(CCCN(CC3CC3)[C@@H]3COc4c(F)ccc(C(N)=O)c4C3)c2c1. The lowest BCUT2D eigenvalue weighted by Crippen LogP contribution is -2.45. The first-order valence-corrected chi connectivity index (χ1v) is 11.5. The number of benzene rings is 2. The molecule has 1 aromatic heterocycles. The van der Waals surface area contributed by atoms with E-state index in [1.54, 1.807) is 0 Å². The van der Waals surface area contributed by atoms with Crippen LogP contribution in [0.4, 0.5) is 4.39 Å². The summed E-state index contributed by atoms with van der Waals surface area (Å²) in [6.07, 6.45) is 6.89. The number of rotatable bonds is 8. The molecule has 1 atom stereocenters. The van der Waals surface area contributed by atoms with Gasteiger partial charge in [-0.05, 0) is 80.5 Å². The van der Waals surface area contributed by atoms with Crippen LogP contribution in [0.15, 0.2) is 36.5 Å². The number of carbonyl (C=O) groups is 1. The van der Waals surface area contributed by atoms with Crippen LogP contribution < -0.4 is 10.5 Å². The molecule has 1 aliphatic carbocycles. The molecule has 6 nitrogen and oxygen atoms in total. The van der Waals surface area contributed by atoms with Gasteiger partial charge in [0.1, 0.15) is 6.61 Å². The summed E-state index contributed by atoms with van der Waals surface area (Å²) in [4.78, 5) is 17.6. The lowest BCUT2D eigenvalue weighted by molar-refractivity contribution is 0.0980. The van der Waals surface area contributed by atoms with Crippen molar-refractivity contribution in [3.05, 3.63) is 64.6 Å². The van der Waals surface area contributed by atoms with Crippen LogP contribution in [-0.4, -0.2) is 41.5 Å². The molecular weight excluding hydrogens is 455 g/mol. The van der Waals surface area contributed by atoms with Gasteiger partial charge in [-0.2, -0.15) is 5.26 Å². The lowest BCUT2D eigenvalue weighted by atomic mass is 9.95. The van der Waals surface area contributed by atoms with Crippen molar-refractivity contribution >= 4 is 29.2 Å². The van der Waals surface area contributed by atoms with Crippen LogP contribution in [0.2, 0.25) is 0 Å². The number of hydrogen-bond donors (Lipinski definition) is 2. The minimum Gasteiger partial charge on any atom is -0.489 e. The van der Waals surface area contributed by atoms with Crippen LogP contribution in [0, 0.1) is 23.1 Å². The Bertz CT molecular complexity index is 1250.